The number of hydrogen-bond donors (Lipinski definition) is 1. The quantitative estimate of drug-likeness (QED) is 0.858. The normalized spacial score (nSPS) is 16.9. The molecule has 1 aliphatic carbocycles. The molecule has 18 heavy (non-hydrogen) atoms. The molecule has 4 nitrogen and oxygen atoms in total. The fourth-order valence-electron chi connectivity index (χ4n) is 2.12. The minimum atomic E-state index is -0.0241. The van der Waals surface area contributed by atoms with E-state index in [1.807, 2.05) is 12.3 Å². The number of thiazole rings is 1. The van der Waals surface area contributed by atoms with Crippen LogP contribution < -0.4 is 5.32 Å². The molecule has 1 heterocycles. The Bertz CT molecular complexity index is 422. The topological polar surface area (TPSA) is 45.2 Å². The monoisotopic (exact) mass is 267 g/mol. The molecule has 1 aromatic rings. The Morgan fingerprint density at radius 1 is 1.50 bits per heavy atom. The Morgan fingerprint density at radius 3 is 2.61 bits per heavy atom. The van der Waals surface area contributed by atoms with E-state index in [0.29, 0.717) is 5.69 Å². The number of nitrogens with zero attached hydrogens (tertiary/aromatic N) is 2. The molecule has 2 rings (SSSR count). The van der Waals surface area contributed by atoms with Crippen LogP contribution in [-0.2, 0) is 0 Å². The van der Waals surface area contributed by atoms with Gasteiger partial charge in [0, 0.05) is 11.9 Å². The van der Waals surface area contributed by atoms with Gasteiger partial charge < -0.3 is 10.2 Å². The number of carbonyl (C=O) groups excluding carboxylic acids is 1. The number of amides is 1. The van der Waals surface area contributed by atoms with Gasteiger partial charge in [-0.3, -0.25) is 4.79 Å². The van der Waals surface area contributed by atoms with Gasteiger partial charge in [0.05, 0.1) is 10.5 Å². The molecule has 0 atom stereocenters. The third-order valence-corrected chi connectivity index (χ3v) is 4.28. The maximum atomic E-state index is 12.1. The van der Waals surface area contributed by atoms with Crippen molar-refractivity contribution in [2.75, 3.05) is 19.6 Å². The van der Waals surface area contributed by atoms with E-state index in [1.54, 1.807) is 0 Å². The zero-order valence-corrected chi connectivity index (χ0v) is 12.1. The molecule has 1 fully saturated rings. The summed E-state index contributed by atoms with van der Waals surface area (Å²) in [5.74, 6) is -0.0241. The first-order valence-electron chi connectivity index (χ1n) is 6.55. The molecule has 1 aliphatic rings. The van der Waals surface area contributed by atoms with Crippen LogP contribution >= 0.6 is 11.3 Å². The highest BCUT2D eigenvalue weighted by atomic mass is 32.1. The summed E-state index contributed by atoms with van der Waals surface area (Å²) in [7, 11) is 0. The number of nitrogens with one attached hydrogen (secondary N) is 1. The lowest BCUT2D eigenvalue weighted by Crippen LogP contribution is -2.46. The number of rotatable bonds is 6. The molecular formula is C13H21N3OS. The van der Waals surface area contributed by atoms with Crippen molar-refractivity contribution in [3.05, 3.63) is 16.1 Å². The highest BCUT2D eigenvalue weighted by molar-refractivity contribution is 7.09. The van der Waals surface area contributed by atoms with E-state index in [-0.39, 0.29) is 11.4 Å². The van der Waals surface area contributed by atoms with Crippen LogP contribution in [-0.4, -0.2) is 41.0 Å². The molecule has 0 spiro atoms. The summed E-state index contributed by atoms with van der Waals surface area (Å²) in [6.45, 7) is 9.25. The zero-order chi connectivity index (χ0) is 13.2. The molecule has 1 N–H and O–H groups in total. The Morgan fingerprint density at radius 2 is 2.17 bits per heavy atom. The molecule has 0 bridgehead atoms. The Kier molecular flexibility index (Phi) is 4.02. The van der Waals surface area contributed by atoms with Crippen molar-refractivity contribution < 1.29 is 4.79 Å². The first-order chi connectivity index (χ1) is 8.58. The van der Waals surface area contributed by atoms with Crippen molar-refractivity contribution in [1.29, 1.82) is 0 Å². The SMILES string of the molecule is CCN(CC)CC1(NC(=O)c2csc(C)n2)CC1. The smallest absolute Gasteiger partial charge is 0.271 e. The summed E-state index contributed by atoms with van der Waals surface area (Å²) in [5, 5.41) is 5.93. The van der Waals surface area contributed by atoms with Gasteiger partial charge in [-0.25, -0.2) is 4.98 Å². The number of aromatic nitrogens is 1. The highest BCUT2D eigenvalue weighted by Crippen LogP contribution is 2.36. The maximum Gasteiger partial charge on any atom is 0.271 e. The lowest BCUT2D eigenvalue weighted by atomic mass is 10.2. The minimum Gasteiger partial charge on any atom is -0.344 e. The largest absolute Gasteiger partial charge is 0.344 e. The zero-order valence-electron chi connectivity index (χ0n) is 11.3. The second-order valence-corrected chi connectivity index (χ2v) is 6.01. The van der Waals surface area contributed by atoms with E-state index < -0.39 is 0 Å². The number of likely N-dealkylation sites (N-methyl/N-ethyl adjacent to an activating group) is 1. The molecular weight excluding hydrogens is 246 g/mol. The van der Waals surface area contributed by atoms with Gasteiger partial charge in [-0.2, -0.15) is 0 Å². The molecule has 0 unspecified atom stereocenters. The first-order valence-corrected chi connectivity index (χ1v) is 7.43. The van der Waals surface area contributed by atoms with Gasteiger partial charge in [0.2, 0.25) is 0 Å². The Labute approximate surface area is 112 Å². The van der Waals surface area contributed by atoms with Crippen LogP contribution in [0.25, 0.3) is 0 Å². The van der Waals surface area contributed by atoms with E-state index in [1.165, 1.54) is 11.3 Å². The summed E-state index contributed by atoms with van der Waals surface area (Å²) in [4.78, 5) is 18.7. The van der Waals surface area contributed by atoms with Crippen molar-refractivity contribution in [1.82, 2.24) is 15.2 Å². The van der Waals surface area contributed by atoms with Crippen LogP contribution in [0.1, 0.15) is 42.2 Å². The van der Waals surface area contributed by atoms with Crippen molar-refractivity contribution in [3.63, 3.8) is 0 Å². The predicted octanol–water partition coefficient (Wildman–Crippen LogP) is 2.06. The molecule has 1 aromatic heterocycles. The van der Waals surface area contributed by atoms with Crippen molar-refractivity contribution in [3.8, 4) is 0 Å². The average molecular weight is 267 g/mol. The second-order valence-electron chi connectivity index (χ2n) is 4.95. The van der Waals surface area contributed by atoms with Gasteiger partial charge >= 0.3 is 0 Å². The summed E-state index contributed by atoms with van der Waals surface area (Å²) >= 11 is 1.52. The number of aryl methyl sites for hydroxylation is 1. The van der Waals surface area contributed by atoms with Gasteiger partial charge in [0.25, 0.3) is 5.91 Å². The highest BCUT2D eigenvalue weighted by Gasteiger charge is 2.45. The van der Waals surface area contributed by atoms with E-state index in [4.69, 9.17) is 0 Å². The standard InChI is InChI=1S/C13H21N3OS/c1-4-16(5-2)9-13(6-7-13)15-12(17)11-8-18-10(3)14-11/h8H,4-7,9H2,1-3H3,(H,15,17). The lowest BCUT2D eigenvalue weighted by molar-refractivity contribution is 0.0913. The van der Waals surface area contributed by atoms with Gasteiger partial charge in [-0.15, -0.1) is 11.3 Å². The average Bonchev–Trinajstić information content (AvgIpc) is 2.96. The minimum absolute atomic E-state index is 0.000620. The molecule has 0 radical (unpaired) electrons. The van der Waals surface area contributed by atoms with Crippen LogP contribution in [0.15, 0.2) is 5.38 Å². The second kappa shape index (κ2) is 5.36. The molecule has 5 heteroatoms. The van der Waals surface area contributed by atoms with E-state index in [0.717, 1.165) is 37.5 Å². The third kappa shape index (κ3) is 3.09. The molecule has 100 valence electrons. The van der Waals surface area contributed by atoms with Gasteiger partial charge in [0.1, 0.15) is 5.69 Å². The fraction of sp³-hybridized carbons (Fsp3) is 0.692. The predicted molar refractivity (Wildman–Crippen MR) is 74.1 cm³/mol. The first kappa shape index (κ1) is 13.5. The fourth-order valence-corrected chi connectivity index (χ4v) is 2.71. The van der Waals surface area contributed by atoms with Crippen molar-refractivity contribution in [2.24, 2.45) is 0 Å². The van der Waals surface area contributed by atoms with Crippen molar-refractivity contribution in [2.45, 2.75) is 39.2 Å². The van der Waals surface area contributed by atoms with Crippen LogP contribution in [0.2, 0.25) is 0 Å². The molecule has 1 amide bonds. The van der Waals surface area contributed by atoms with E-state index in [2.05, 4.69) is 29.0 Å². The van der Waals surface area contributed by atoms with Crippen LogP contribution in [0, 0.1) is 6.92 Å². The summed E-state index contributed by atoms with van der Waals surface area (Å²) < 4.78 is 0. The molecule has 0 saturated heterocycles. The van der Waals surface area contributed by atoms with Gasteiger partial charge in [-0.1, -0.05) is 13.8 Å². The maximum absolute atomic E-state index is 12.1. The molecule has 0 aromatic carbocycles. The van der Waals surface area contributed by atoms with E-state index in [9.17, 15) is 4.79 Å². The van der Waals surface area contributed by atoms with E-state index >= 15 is 0 Å². The summed E-state index contributed by atoms with van der Waals surface area (Å²) in [5.41, 5.74) is 0.559. The molecule has 1 saturated carbocycles. The van der Waals surface area contributed by atoms with Crippen LogP contribution in [0.4, 0.5) is 0 Å². The Hall–Kier alpha value is -0.940. The number of carbonyl (C=O) groups is 1. The van der Waals surface area contributed by atoms with Crippen LogP contribution in [0.3, 0.4) is 0 Å². The van der Waals surface area contributed by atoms with Crippen molar-refractivity contribution >= 4 is 17.2 Å². The number of hydrogen-bond acceptors (Lipinski definition) is 4. The Balaban J connectivity index is 1.94. The van der Waals surface area contributed by atoms with Crippen LogP contribution in [0.5, 0.6) is 0 Å². The summed E-state index contributed by atoms with van der Waals surface area (Å²) in [6, 6.07) is 0. The van der Waals surface area contributed by atoms with Gasteiger partial charge in [-0.05, 0) is 32.9 Å². The lowest BCUT2D eigenvalue weighted by Gasteiger charge is -2.25. The molecule has 0 aliphatic heterocycles. The van der Waals surface area contributed by atoms with Gasteiger partial charge in [0.15, 0.2) is 0 Å². The third-order valence-electron chi connectivity index (χ3n) is 3.50. The summed E-state index contributed by atoms with van der Waals surface area (Å²) in [6.07, 6.45) is 2.16.